The van der Waals surface area contributed by atoms with Gasteiger partial charge in [0, 0.05) is 20.5 Å². The minimum absolute atomic E-state index is 0.229. The molecule has 0 saturated carbocycles. The number of anilines is 1. The summed E-state index contributed by atoms with van der Waals surface area (Å²) in [4.78, 5) is 22.2. The SMILES string of the molecule is O=C(Nc1ncn(Cc2ccc(Br)cc2)n1)c1ccccc1SCc1cscn1. The van der Waals surface area contributed by atoms with Crippen LogP contribution in [0.2, 0.25) is 0 Å². The Hall–Kier alpha value is -2.49. The van der Waals surface area contributed by atoms with Crippen LogP contribution in [0.15, 0.2) is 75.1 Å². The standard InChI is InChI=1S/C20H16BrN5OS2/c21-15-7-5-14(6-8-15)9-26-12-22-20(25-26)24-19(27)17-3-1-2-4-18(17)29-11-16-10-28-13-23-16/h1-8,10,12-13H,9,11H2,(H,24,25,27). The van der Waals surface area contributed by atoms with Crippen molar-refractivity contribution in [1.82, 2.24) is 19.7 Å². The second kappa shape index (κ2) is 9.34. The normalized spacial score (nSPS) is 10.8. The number of hydrogen-bond donors (Lipinski definition) is 1. The molecule has 0 radical (unpaired) electrons. The molecule has 1 N–H and O–H groups in total. The molecule has 2 aromatic carbocycles. The van der Waals surface area contributed by atoms with Crippen LogP contribution in [0.4, 0.5) is 5.95 Å². The van der Waals surface area contributed by atoms with E-state index < -0.39 is 0 Å². The van der Waals surface area contributed by atoms with Crippen molar-refractivity contribution in [1.29, 1.82) is 0 Å². The number of aromatic nitrogens is 4. The van der Waals surface area contributed by atoms with E-state index in [0.29, 0.717) is 17.9 Å². The predicted molar refractivity (Wildman–Crippen MR) is 119 cm³/mol. The molecule has 146 valence electrons. The number of benzene rings is 2. The Kier molecular flexibility index (Phi) is 6.38. The highest BCUT2D eigenvalue weighted by Crippen LogP contribution is 2.26. The molecule has 0 spiro atoms. The molecule has 0 aliphatic rings. The van der Waals surface area contributed by atoms with Crippen LogP contribution in [0.5, 0.6) is 0 Å². The van der Waals surface area contributed by atoms with Crippen LogP contribution < -0.4 is 5.32 Å². The third kappa shape index (κ3) is 5.31. The van der Waals surface area contributed by atoms with E-state index in [1.54, 1.807) is 40.2 Å². The summed E-state index contributed by atoms with van der Waals surface area (Å²) >= 11 is 6.58. The molecule has 2 aromatic heterocycles. The van der Waals surface area contributed by atoms with Crippen molar-refractivity contribution in [2.24, 2.45) is 0 Å². The van der Waals surface area contributed by atoms with E-state index in [0.717, 1.165) is 20.6 Å². The summed E-state index contributed by atoms with van der Waals surface area (Å²) in [5.74, 6) is 0.771. The number of carbonyl (C=O) groups excluding carboxylic acids is 1. The van der Waals surface area contributed by atoms with Crippen molar-refractivity contribution in [3.63, 3.8) is 0 Å². The van der Waals surface area contributed by atoms with Crippen LogP contribution in [0.3, 0.4) is 0 Å². The van der Waals surface area contributed by atoms with Crippen molar-refractivity contribution < 1.29 is 4.79 Å². The Morgan fingerprint density at radius 2 is 1.97 bits per heavy atom. The second-order valence-corrected chi connectivity index (χ2v) is 8.76. The van der Waals surface area contributed by atoms with Gasteiger partial charge < -0.3 is 0 Å². The zero-order valence-electron chi connectivity index (χ0n) is 15.2. The van der Waals surface area contributed by atoms with E-state index in [-0.39, 0.29) is 11.9 Å². The van der Waals surface area contributed by atoms with E-state index in [1.165, 1.54) is 0 Å². The first kappa shape index (κ1) is 19.8. The highest BCUT2D eigenvalue weighted by molar-refractivity contribution is 9.10. The van der Waals surface area contributed by atoms with Gasteiger partial charge in [-0.15, -0.1) is 28.2 Å². The number of thiazole rings is 1. The van der Waals surface area contributed by atoms with Gasteiger partial charge in [0.15, 0.2) is 0 Å². The van der Waals surface area contributed by atoms with Gasteiger partial charge in [-0.3, -0.25) is 10.1 Å². The number of thioether (sulfide) groups is 1. The van der Waals surface area contributed by atoms with Crippen molar-refractivity contribution in [3.8, 4) is 0 Å². The smallest absolute Gasteiger partial charge is 0.259 e. The molecule has 4 aromatic rings. The van der Waals surface area contributed by atoms with Crippen molar-refractivity contribution in [3.05, 3.63) is 87.0 Å². The lowest BCUT2D eigenvalue weighted by atomic mass is 10.2. The molecule has 0 aliphatic heterocycles. The lowest BCUT2D eigenvalue weighted by Gasteiger charge is -2.07. The molecule has 9 heteroatoms. The van der Waals surface area contributed by atoms with Gasteiger partial charge >= 0.3 is 0 Å². The largest absolute Gasteiger partial charge is 0.289 e. The van der Waals surface area contributed by atoms with Crippen LogP contribution in [0.25, 0.3) is 0 Å². The van der Waals surface area contributed by atoms with Crippen LogP contribution in [-0.4, -0.2) is 25.7 Å². The van der Waals surface area contributed by atoms with Gasteiger partial charge in [0.2, 0.25) is 5.95 Å². The van der Waals surface area contributed by atoms with Crippen molar-refractivity contribution >= 4 is 50.9 Å². The summed E-state index contributed by atoms with van der Waals surface area (Å²) < 4.78 is 2.72. The van der Waals surface area contributed by atoms with Gasteiger partial charge in [-0.25, -0.2) is 14.6 Å². The molecule has 2 heterocycles. The minimum atomic E-state index is -0.229. The van der Waals surface area contributed by atoms with E-state index in [9.17, 15) is 4.79 Å². The number of amides is 1. The average Bonchev–Trinajstić information content (AvgIpc) is 3.40. The Morgan fingerprint density at radius 3 is 2.76 bits per heavy atom. The Morgan fingerprint density at radius 1 is 1.14 bits per heavy atom. The molecule has 0 atom stereocenters. The Balaban J connectivity index is 1.42. The molecular weight excluding hydrogens is 470 g/mol. The maximum atomic E-state index is 12.8. The molecule has 0 fully saturated rings. The predicted octanol–water partition coefficient (Wildman–Crippen LogP) is 5.09. The maximum Gasteiger partial charge on any atom is 0.259 e. The number of hydrogen-bond acceptors (Lipinski definition) is 6. The molecule has 0 unspecified atom stereocenters. The topological polar surface area (TPSA) is 72.7 Å². The molecule has 1 amide bonds. The summed E-state index contributed by atoms with van der Waals surface area (Å²) in [5, 5.41) is 9.16. The van der Waals surface area contributed by atoms with Gasteiger partial charge in [0.25, 0.3) is 5.91 Å². The molecular formula is C20H16BrN5OS2. The number of nitrogens with one attached hydrogen (secondary N) is 1. The van der Waals surface area contributed by atoms with E-state index in [1.807, 2.05) is 53.4 Å². The molecule has 29 heavy (non-hydrogen) atoms. The molecule has 0 aliphatic carbocycles. The first-order valence-electron chi connectivity index (χ1n) is 8.71. The maximum absolute atomic E-state index is 12.8. The fourth-order valence-electron chi connectivity index (χ4n) is 2.61. The Bertz CT molecular complexity index is 1100. The zero-order chi connectivity index (χ0) is 20.1. The van der Waals surface area contributed by atoms with Gasteiger partial charge in [-0.1, -0.05) is 40.2 Å². The third-order valence-corrected chi connectivity index (χ3v) is 6.28. The summed E-state index contributed by atoms with van der Waals surface area (Å²) in [6.45, 7) is 0.580. The monoisotopic (exact) mass is 485 g/mol. The molecule has 4 rings (SSSR count). The van der Waals surface area contributed by atoms with E-state index in [2.05, 4.69) is 36.3 Å². The van der Waals surface area contributed by atoms with Crippen LogP contribution in [-0.2, 0) is 12.3 Å². The molecule has 0 saturated heterocycles. The third-order valence-electron chi connectivity index (χ3n) is 4.01. The van der Waals surface area contributed by atoms with Crippen molar-refractivity contribution in [2.45, 2.75) is 17.2 Å². The quantitative estimate of drug-likeness (QED) is 0.369. The van der Waals surface area contributed by atoms with Crippen molar-refractivity contribution in [2.75, 3.05) is 5.32 Å². The van der Waals surface area contributed by atoms with E-state index >= 15 is 0 Å². The highest BCUT2D eigenvalue weighted by atomic mass is 79.9. The van der Waals surface area contributed by atoms with Gasteiger partial charge in [-0.2, -0.15) is 0 Å². The first-order valence-corrected chi connectivity index (χ1v) is 11.4. The fourth-order valence-corrected chi connectivity index (χ4v) is 4.49. The lowest BCUT2D eigenvalue weighted by Crippen LogP contribution is -2.14. The molecule has 0 bridgehead atoms. The van der Waals surface area contributed by atoms with Crippen LogP contribution >= 0.6 is 39.0 Å². The van der Waals surface area contributed by atoms with Crippen LogP contribution in [0, 0.1) is 0 Å². The van der Waals surface area contributed by atoms with E-state index in [4.69, 9.17) is 0 Å². The minimum Gasteiger partial charge on any atom is -0.289 e. The second-order valence-electron chi connectivity index (χ2n) is 6.11. The average molecular weight is 486 g/mol. The van der Waals surface area contributed by atoms with Crippen LogP contribution in [0.1, 0.15) is 21.6 Å². The zero-order valence-corrected chi connectivity index (χ0v) is 18.4. The lowest BCUT2D eigenvalue weighted by molar-refractivity contribution is 0.102. The summed E-state index contributed by atoms with van der Waals surface area (Å²) in [6, 6.07) is 15.5. The molecule has 6 nitrogen and oxygen atoms in total. The van der Waals surface area contributed by atoms with Gasteiger partial charge in [0.05, 0.1) is 23.3 Å². The summed E-state index contributed by atoms with van der Waals surface area (Å²) in [6.07, 6.45) is 1.61. The van der Waals surface area contributed by atoms with Gasteiger partial charge in [-0.05, 0) is 29.8 Å². The number of halogens is 1. The fraction of sp³-hybridized carbons (Fsp3) is 0.100. The first-order chi connectivity index (χ1) is 14.2. The number of rotatable bonds is 7. The Labute approximate surface area is 184 Å². The summed E-state index contributed by atoms with van der Waals surface area (Å²) in [7, 11) is 0. The number of nitrogens with zero attached hydrogens (tertiary/aromatic N) is 4. The van der Waals surface area contributed by atoms with Gasteiger partial charge in [0.1, 0.15) is 6.33 Å². The highest BCUT2D eigenvalue weighted by Gasteiger charge is 2.14. The number of carbonyl (C=O) groups is 1. The summed E-state index contributed by atoms with van der Waals surface area (Å²) in [5.41, 5.74) is 4.51.